The van der Waals surface area contributed by atoms with Crippen LogP contribution in [0.1, 0.15) is 19.3 Å². The summed E-state index contributed by atoms with van der Waals surface area (Å²) < 4.78 is 37.1. The van der Waals surface area contributed by atoms with E-state index in [1.807, 2.05) is 0 Å². The molecule has 0 spiro atoms. The summed E-state index contributed by atoms with van der Waals surface area (Å²) in [6.45, 7) is -0.0861. The van der Waals surface area contributed by atoms with Crippen molar-refractivity contribution in [2.45, 2.75) is 31.5 Å². The fourth-order valence-electron chi connectivity index (χ4n) is 2.03. The fraction of sp³-hybridized carbons (Fsp3) is 1.00. The zero-order valence-electron chi connectivity index (χ0n) is 7.22. The van der Waals surface area contributed by atoms with Crippen molar-refractivity contribution < 1.29 is 18.3 Å². The van der Waals surface area contributed by atoms with Gasteiger partial charge in [0.15, 0.2) is 0 Å². The molecule has 0 radical (unpaired) electrons. The average molecular weight is 197 g/mol. The summed E-state index contributed by atoms with van der Waals surface area (Å²) >= 11 is 0. The number of rotatable bonds is 2. The van der Waals surface area contributed by atoms with E-state index in [9.17, 15) is 18.3 Å². The minimum atomic E-state index is -4.18. The first-order chi connectivity index (χ1) is 5.96. The summed E-state index contributed by atoms with van der Waals surface area (Å²) in [4.78, 5) is 0. The van der Waals surface area contributed by atoms with E-state index in [4.69, 9.17) is 5.73 Å². The van der Waals surface area contributed by atoms with Crippen LogP contribution in [-0.2, 0) is 0 Å². The normalized spacial score (nSPS) is 32.1. The second-order valence-corrected chi connectivity index (χ2v) is 3.55. The monoisotopic (exact) mass is 197 g/mol. The Balaban J connectivity index is 2.64. The molecule has 0 heterocycles. The SMILES string of the molecule is NCC(O)C1CCCC1C(F)(F)F. The van der Waals surface area contributed by atoms with Gasteiger partial charge in [-0.3, -0.25) is 0 Å². The Morgan fingerprint density at radius 2 is 2.00 bits per heavy atom. The zero-order chi connectivity index (χ0) is 10.1. The van der Waals surface area contributed by atoms with Crippen molar-refractivity contribution in [2.24, 2.45) is 17.6 Å². The summed E-state index contributed by atoms with van der Waals surface area (Å²) in [5, 5.41) is 9.27. The molecule has 3 N–H and O–H groups in total. The van der Waals surface area contributed by atoms with Crippen LogP contribution in [0.15, 0.2) is 0 Å². The number of alkyl halides is 3. The van der Waals surface area contributed by atoms with Gasteiger partial charge in [0.1, 0.15) is 0 Å². The first kappa shape index (κ1) is 10.8. The van der Waals surface area contributed by atoms with Crippen LogP contribution >= 0.6 is 0 Å². The lowest BCUT2D eigenvalue weighted by molar-refractivity contribution is -0.191. The van der Waals surface area contributed by atoms with E-state index < -0.39 is 24.1 Å². The first-order valence-electron chi connectivity index (χ1n) is 4.41. The van der Waals surface area contributed by atoms with Crippen LogP contribution in [0.25, 0.3) is 0 Å². The molecule has 13 heavy (non-hydrogen) atoms. The average Bonchev–Trinajstić information content (AvgIpc) is 2.49. The molecule has 2 nitrogen and oxygen atoms in total. The van der Waals surface area contributed by atoms with Gasteiger partial charge in [0.2, 0.25) is 0 Å². The van der Waals surface area contributed by atoms with Gasteiger partial charge in [0.25, 0.3) is 0 Å². The molecule has 0 aromatic heterocycles. The van der Waals surface area contributed by atoms with E-state index in [-0.39, 0.29) is 13.0 Å². The van der Waals surface area contributed by atoms with E-state index in [2.05, 4.69) is 0 Å². The Bertz CT molecular complexity index is 171. The van der Waals surface area contributed by atoms with E-state index in [0.29, 0.717) is 12.8 Å². The van der Waals surface area contributed by atoms with E-state index >= 15 is 0 Å². The van der Waals surface area contributed by atoms with Gasteiger partial charge in [0, 0.05) is 6.54 Å². The van der Waals surface area contributed by atoms with Gasteiger partial charge in [-0.25, -0.2) is 0 Å². The molecular weight excluding hydrogens is 183 g/mol. The van der Waals surface area contributed by atoms with Crippen molar-refractivity contribution in [3.05, 3.63) is 0 Å². The molecule has 1 rings (SSSR count). The van der Waals surface area contributed by atoms with Crippen molar-refractivity contribution in [1.29, 1.82) is 0 Å². The van der Waals surface area contributed by atoms with Gasteiger partial charge in [-0.15, -0.1) is 0 Å². The predicted molar refractivity (Wildman–Crippen MR) is 41.9 cm³/mol. The maximum atomic E-state index is 12.4. The zero-order valence-corrected chi connectivity index (χ0v) is 7.22. The Labute approximate surface area is 74.9 Å². The molecule has 0 amide bonds. The molecule has 1 aliphatic rings. The second-order valence-electron chi connectivity index (χ2n) is 3.55. The summed E-state index contributed by atoms with van der Waals surface area (Å²) in [6.07, 6.45) is -4.09. The van der Waals surface area contributed by atoms with Gasteiger partial charge in [-0.05, 0) is 18.8 Å². The van der Waals surface area contributed by atoms with Crippen LogP contribution in [0.3, 0.4) is 0 Å². The Morgan fingerprint density at radius 1 is 1.38 bits per heavy atom. The molecule has 0 aliphatic heterocycles. The number of hydrogen-bond acceptors (Lipinski definition) is 2. The quantitative estimate of drug-likeness (QED) is 0.700. The highest BCUT2D eigenvalue weighted by molar-refractivity contribution is 4.86. The minimum Gasteiger partial charge on any atom is -0.392 e. The smallest absolute Gasteiger partial charge is 0.392 e. The number of hydrogen-bond donors (Lipinski definition) is 2. The minimum absolute atomic E-state index is 0.0861. The molecule has 1 fully saturated rings. The fourth-order valence-corrected chi connectivity index (χ4v) is 2.03. The lowest BCUT2D eigenvalue weighted by Crippen LogP contribution is -2.37. The molecule has 1 aliphatic carbocycles. The van der Waals surface area contributed by atoms with Crippen molar-refractivity contribution in [2.75, 3.05) is 6.54 Å². The molecular formula is C8H14F3NO. The van der Waals surface area contributed by atoms with Crippen LogP contribution in [0, 0.1) is 11.8 Å². The summed E-state index contributed by atoms with van der Waals surface area (Å²) in [7, 11) is 0. The highest BCUT2D eigenvalue weighted by atomic mass is 19.4. The van der Waals surface area contributed by atoms with Crippen molar-refractivity contribution in [3.63, 3.8) is 0 Å². The Kier molecular flexibility index (Phi) is 3.18. The lowest BCUT2D eigenvalue weighted by atomic mass is 9.90. The third-order valence-corrected chi connectivity index (χ3v) is 2.73. The number of aliphatic hydroxyl groups excluding tert-OH is 1. The van der Waals surface area contributed by atoms with Crippen LogP contribution in [-0.4, -0.2) is 23.9 Å². The van der Waals surface area contributed by atoms with Gasteiger partial charge < -0.3 is 10.8 Å². The molecule has 3 unspecified atom stereocenters. The molecule has 78 valence electrons. The van der Waals surface area contributed by atoms with E-state index in [0.717, 1.165) is 0 Å². The molecule has 0 aromatic carbocycles. The van der Waals surface area contributed by atoms with Gasteiger partial charge in [0.05, 0.1) is 12.0 Å². The predicted octanol–water partition coefficient (Wildman–Crippen LogP) is 1.28. The van der Waals surface area contributed by atoms with Crippen molar-refractivity contribution in [1.82, 2.24) is 0 Å². The summed E-state index contributed by atoms with van der Waals surface area (Å²) in [5.74, 6) is -2.05. The number of aliphatic hydroxyl groups is 1. The topological polar surface area (TPSA) is 46.2 Å². The number of nitrogens with two attached hydrogens (primary N) is 1. The van der Waals surface area contributed by atoms with Gasteiger partial charge in [-0.1, -0.05) is 6.42 Å². The molecule has 5 heteroatoms. The third-order valence-electron chi connectivity index (χ3n) is 2.73. The van der Waals surface area contributed by atoms with E-state index in [1.165, 1.54) is 0 Å². The van der Waals surface area contributed by atoms with Gasteiger partial charge >= 0.3 is 6.18 Å². The van der Waals surface area contributed by atoms with Crippen molar-refractivity contribution in [3.8, 4) is 0 Å². The third kappa shape index (κ3) is 2.34. The second kappa shape index (κ2) is 3.84. The van der Waals surface area contributed by atoms with Gasteiger partial charge in [-0.2, -0.15) is 13.2 Å². The Morgan fingerprint density at radius 3 is 2.46 bits per heavy atom. The molecule has 0 aromatic rings. The summed E-state index contributed by atoms with van der Waals surface area (Å²) in [6, 6.07) is 0. The molecule has 0 bridgehead atoms. The van der Waals surface area contributed by atoms with Crippen molar-refractivity contribution >= 4 is 0 Å². The Hall–Kier alpha value is -0.290. The molecule has 3 atom stereocenters. The molecule has 0 saturated heterocycles. The van der Waals surface area contributed by atoms with Crippen LogP contribution < -0.4 is 5.73 Å². The maximum absolute atomic E-state index is 12.4. The first-order valence-corrected chi connectivity index (χ1v) is 4.41. The maximum Gasteiger partial charge on any atom is 0.392 e. The highest BCUT2D eigenvalue weighted by Crippen LogP contribution is 2.44. The number of halogens is 3. The highest BCUT2D eigenvalue weighted by Gasteiger charge is 2.48. The standard InChI is InChI=1S/C8H14F3NO/c9-8(10,11)6-3-1-2-5(6)7(13)4-12/h5-7,13H,1-4,12H2. The molecule has 1 saturated carbocycles. The largest absolute Gasteiger partial charge is 0.392 e. The summed E-state index contributed by atoms with van der Waals surface area (Å²) in [5.41, 5.74) is 5.14. The van der Waals surface area contributed by atoms with Crippen LogP contribution in [0.4, 0.5) is 13.2 Å². The lowest BCUT2D eigenvalue weighted by Gasteiger charge is -2.25. The van der Waals surface area contributed by atoms with Crippen LogP contribution in [0.2, 0.25) is 0 Å². The van der Waals surface area contributed by atoms with E-state index in [1.54, 1.807) is 0 Å². The van der Waals surface area contributed by atoms with Crippen LogP contribution in [0.5, 0.6) is 0 Å².